The van der Waals surface area contributed by atoms with E-state index in [2.05, 4.69) is 5.32 Å². The first-order valence-electron chi connectivity index (χ1n) is 13.0. The third kappa shape index (κ3) is 8.46. The molecule has 0 unspecified atom stereocenters. The molecule has 40 heavy (non-hydrogen) atoms. The van der Waals surface area contributed by atoms with Crippen molar-refractivity contribution in [2.75, 3.05) is 17.1 Å². The van der Waals surface area contributed by atoms with E-state index in [1.165, 1.54) is 4.90 Å². The van der Waals surface area contributed by atoms with Crippen LogP contribution in [0.4, 0.5) is 5.69 Å². The molecule has 10 heteroatoms. The molecule has 0 saturated heterocycles. The summed E-state index contributed by atoms with van der Waals surface area (Å²) in [5.74, 6) is -0.853. The predicted molar refractivity (Wildman–Crippen MR) is 162 cm³/mol. The molecule has 0 aliphatic rings. The van der Waals surface area contributed by atoms with Crippen LogP contribution < -0.4 is 9.62 Å². The van der Waals surface area contributed by atoms with Crippen LogP contribution in [0.2, 0.25) is 10.0 Å². The lowest BCUT2D eigenvalue weighted by Crippen LogP contribution is -2.54. The summed E-state index contributed by atoms with van der Waals surface area (Å²) >= 11 is 12.4. The van der Waals surface area contributed by atoms with Gasteiger partial charge in [-0.3, -0.25) is 13.9 Å². The quantitative estimate of drug-likeness (QED) is 0.291. The summed E-state index contributed by atoms with van der Waals surface area (Å²) in [7, 11) is -3.84. The average molecular weight is 605 g/mol. The van der Waals surface area contributed by atoms with E-state index in [0.29, 0.717) is 33.3 Å². The van der Waals surface area contributed by atoms with E-state index in [-0.39, 0.29) is 24.9 Å². The van der Waals surface area contributed by atoms with E-state index in [9.17, 15) is 18.0 Å². The molecule has 2 amide bonds. The maximum absolute atomic E-state index is 14.1. The van der Waals surface area contributed by atoms with E-state index < -0.39 is 28.5 Å². The van der Waals surface area contributed by atoms with Crippen LogP contribution in [0.25, 0.3) is 0 Å². The standard InChI is InChI=1S/C30H35Cl2N3O4S/c1-5-22(3)33-30(37)28(18-23-12-7-6-8-13-23)34(19-24-15-16-25(31)26(32)17-24)29(36)20-35(40(4,38)39)27-14-10-9-11-21(27)2/h6-17,22,28H,5,18-20H2,1-4H3,(H,33,37)/t22-,28+/m1/s1. The van der Waals surface area contributed by atoms with Gasteiger partial charge < -0.3 is 10.2 Å². The van der Waals surface area contributed by atoms with Gasteiger partial charge in [-0.05, 0) is 55.2 Å². The molecule has 1 N–H and O–H groups in total. The largest absolute Gasteiger partial charge is 0.352 e. The van der Waals surface area contributed by atoms with Crippen LogP contribution >= 0.6 is 23.2 Å². The molecule has 0 heterocycles. The van der Waals surface area contributed by atoms with Gasteiger partial charge in [0.1, 0.15) is 12.6 Å². The molecule has 0 aliphatic heterocycles. The lowest BCUT2D eigenvalue weighted by Gasteiger charge is -2.34. The van der Waals surface area contributed by atoms with Crippen molar-refractivity contribution in [2.45, 2.75) is 52.2 Å². The molecule has 0 bridgehead atoms. The number of hydrogen-bond acceptors (Lipinski definition) is 4. The Kier molecular flexibility index (Phi) is 11.0. The van der Waals surface area contributed by atoms with Gasteiger partial charge in [-0.1, -0.05) is 84.7 Å². The number of aryl methyl sites for hydroxylation is 1. The predicted octanol–water partition coefficient (Wildman–Crippen LogP) is 5.62. The highest BCUT2D eigenvalue weighted by Gasteiger charge is 2.33. The number of benzene rings is 3. The summed E-state index contributed by atoms with van der Waals surface area (Å²) in [6.07, 6.45) is 2.01. The Morgan fingerprint density at radius 3 is 2.17 bits per heavy atom. The van der Waals surface area contributed by atoms with Crippen molar-refractivity contribution in [1.82, 2.24) is 10.2 Å². The zero-order chi connectivity index (χ0) is 29.4. The van der Waals surface area contributed by atoms with Gasteiger partial charge in [0.05, 0.1) is 22.0 Å². The molecule has 0 spiro atoms. The van der Waals surface area contributed by atoms with Crippen LogP contribution in [0, 0.1) is 6.92 Å². The zero-order valence-electron chi connectivity index (χ0n) is 23.1. The van der Waals surface area contributed by atoms with Crippen LogP contribution in [-0.2, 0) is 32.6 Å². The molecule has 3 aromatic carbocycles. The number of nitrogens with one attached hydrogen (secondary N) is 1. The summed E-state index contributed by atoms with van der Waals surface area (Å²) in [5, 5.41) is 3.68. The minimum Gasteiger partial charge on any atom is -0.352 e. The fourth-order valence-electron chi connectivity index (χ4n) is 4.27. The number of halogens is 2. The lowest BCUT2D eigenvalue weighted by molar-refractivity contribution is -0.140. The van der Waals surface area contributed by atoms with Gasteiger partial charge >= 0.3 is 0 Å². The number of amides is 2. The smallest absolute Gasteiger partial charge is 0.244 e. The lowest BCUT2D eigenvalue weighted by atomic mass is 10.0. The summed E-state index contributed by atoms with van der Waals surface area (Å²) < 4.78 is 26.9. The fraction of sp³-hybridized carbons (Fsp3) is 0.333. The highest BCUT2D eigenvalue weighted by Crippen LogP contribution is 2.26. The molecular formula is C30H35Cl2N3O4S. The van der Waals surface area contributed by atoms with Crippen molar-refractivity contribution in [3.05, 3.63) is 99.5 Å². The summed E-state index contributed by atoms with van der Waals surface area (Å²) in [5.41, 5.74) is 2.61. The van der Waals surface area contributed by atoms with Crippen LogP contribution in [-0.4, -0.2) is 50.0 Å². The first-order valence-corrected chi connectivity index (χ1v) is 15.6. The van der Waals surface area contributed by atoms with Gasteiger partial charge in [-0.15, -0.1) is 0 Å². The van der Waals surface area contributed by atoms with Crippen molar-refractivity contribution in [1.29, 1.82) is 0 Å². The van der Waals surface area contributed by atoms with Crippen LogP contribution in [0.1, 0.15) is 37.0 Å². The molecule has 214 valence electrons. The molecule has 0 saturated carbocycles. The van der Waals surface area contributed by atoms with E-state index in [4.69, 9.17) is 23.2 Å². The molecule has 3 rings (SSSR count). The van der Waals surface area contributed by atoms with Crippen LogP contribution in [0.3, 0.4) is 0 Å². The number of carbonyl (C=O) groups is 2. The minimum absolute atomic E-state index is 0.0204. The third-order valence-corrected chi connectivity index (χ3v) is 8.54. The number of rotatable bonds is 12. The molecule has 2 atom stereocenters. The molecular weight excluding hydrogens is 569 g/mol. The maximum Gasteiger partial charge on any atom is 0.244 e. The van der Waals surface area contributed by atoms with Crippen LogP contribution in [0.15, 0.2) is 72.8 Å². The van der Waals surface area contributed by atoms with Crippen molar-refractivity contribution in [3.8, 4) is 0 Å². The average Bonchev–Trinajstić information content (AvgIpc) is 2.91. The Bertz CT molecular complexity index is 1430. The van der Waals surface area contributed by atoms with E-state index >= 15 is 0 Å². The number of nitrogens with zero attached hydrogens (tertiary/aromatic N) is 2. The van der Waals surface area contributed by atoms with Gasteiger partial charge in [-0.25, -0.2) is 8.42 Å². The molecule has 7 nitrogen and oxygen atoms in total. The third-order valence-electron chi connectivity index (χ3n) is 6.67. The van der Waals surface area contributed by atoms with Crippen molar-refractivity contribution >= 4 is 50.7 Å². The second kappa shape index (κ2) is 14.0. The minimum atomic E-state index is -3.84. The number of hydrogen-bond donors (Lipinski definition) is 1. The Morgan fingerprint density at radius 2 is 1.57 bits per heavy atom. The van der Waals surface area contributed by atoms with Crippen molar-refractivity contribution < 1.29 is 18.0 Å². The zero-order valence-corrected chi connectivity index (χ0v) is 25.4. The van der Waals surface area contributed by atoms with Crippen molar-refractivity contribution in [3.63, 3.8) is 0 Å². The Hall–Kier alpha value is -3.07. The SMILES string of the molecule is CC[C@@H](C)NC(=O)[C@H](Cc1ccccc1)N(Cc1ccc(Cl)c(Cl)c1)C(=O)CN(c1ccccc1C)S(C)(=O)=O. The van der Waals surface area contributed by atoms with E-state index in [1.807, 2.05) is 44.2 Å². The number of sulfonamides is 1. The Morgan fingerprint density at radius 1 is 0.925 bits per heavy atom. The second-order valence-electron chi connectivity index (χ2n) is 9.85. The van der Waals surface area contributed by atoms with Gasteiger partial charge in [-0.2, -0.15) is 0 Å². The highest BCUT2D eigenvalue weighted by molar-refractivity contribution is 7.92. The first-order chi connectivity index (χ1) is 18.9. The summed E-state index contributed by atoms with van der Waals surface area (Å²) in [4.78, 5) is 29.2. The number of para-hydroxylation sites is 1. The molecule has 0 radical (unpaired) electrons. The van der Waals surface area contributed by atoms with E-state index in [1.54, 1.807) is 49.4 Å². The monoisotopic (exact) mass is 603 g/mol. The number of carbonyl (C=O) groups excluding carboxylic acids is 2. The Balaban J connectivity index is 2.09. The van der Waals surface area contributed by atoms with Gasteiger partial charge in [0.25, 0.3) is 0 Å². The van der Waals surface area contributed by atoms with Crippen LogP contribution in [0.5, 0.6) is 0 Å². The highest BCUT2D eigenvalue weighted by atomic mass is 35.5. The number of anilines is 1. The molecule has 3 aromatic rings. The summed E-state index contributed by atoms with van der Waals surface area (Å²) in [6, 6.07) is 20.3. The maximum atomic E-state index is 14.1. The normalized spacial score (nSPS) is 12.8. The molecule has 0 aliphatic carbocycles. The molecule has 0 fully saturated rings. The summed E-state index contributed by atoms with van der Waals surface area (Å²) in [6.45, 7) is 5.18. The topological polar surface area (TPSA) is 86.8 Å². The van der Waals surface area contributed by atoms with E-state index in [0.717, 1.165) is 16.1 Å². The van der Waals surface area contributed by atoms with Gasteiger partial charge in [0.2, 0.25) is 21.8 Å². The Labute approximate surface area is 247 Å². The van der Waals surface area contributed by atoms with Crippen molar-refractivity contribution in [2.24, 2.45) is 0 Å². The fourth-order valence-corrected chi connectivity index (χ4v) is 5.50. The molecule has 0 aromatic heterocycles. The first kappa shape index (κ1) is 31.5. The second-order valence-corrected chi connectivity index (χ2v) is 12.6. The van der Waals surface area contributed by atoms with Gasteiger partial charge in [0.15, 0.2) is 0 Å². The van der Waals surface area contributed by atoms with Gasteiger partial charge in [0, 0.05) is 19.0 Å².